The summed E-state index contributed by atoms with van der Waals surface area (Å²) in [4.78, 5) is 2.41. The summed E-state index contributed by atoms with van der Waals surface area (Å²) in [6.45, 7) is 2.25. The minimum Gasteiger partial charge on any atom is -0.493 e. The van der Waals surface area contributed by atoms with E-state index in [1.54, 1.807) is 18.3 Å². The summed E-state index contributed by atoms with van der Waals surface area (Å²) < 4.78 is 13.0. The second-order valence-corrected chi connectivity index (χ2v) is 7.05. The fourth-order valence-electron chi connectivity index (χ4n) is 3.33. The molecular weight excluding hydrogens is 377 g/mol. The lowest BCUT2D eigenvalue weighted by atomic mass is 9.85. The zero-order valence-corrected chi connectivity index (χ0v) is 14.9. The lowest BCUT2D eigenvalue weighted by molar-refractivity contribution is 0.185. The van der Waals surface area contributed by atoms with E-state index in [4.69, 9.17) is 9.47 Å². The number of likely N-dealkylation sites (N-methyl/N-ethyl adjacent to an activating group) is 1. The van der Waals surface area contributed by atoms with Crippen molar-refractivity contribution in [2.45, 2.75) is 31.8 Å². The van der Waals surface area contributed by atoms with Crippen molar-refractivity contribution in [1.82, 2.24) is 4.90 Å². The van der Waals surface area contributed by atoms with Crippen LogP contribution in [0.1, 0.15) is 25.7 Å². The molecule has 1 atom stereocenters. The largest absolute Gasteiger partial charge is 0.493 e. The second-order valence-electron chi connectivity index (χ2n) is 5.89. The van der Waals surface area contributed by atoms with Gasteiger partial charge < -0.3 is 14.4 Å². The third kappa shape index (κ3) is 3.21. The standard InChI is InChI=1S/C17H22INO2/c1-19-10-9-13-12(11-19)5-3-7-15(13)21-17-14(18)6-4-8-16(17)20-2/h4,6,8,15H,3,5,7,9-11H2,1-2H3/t15-/m0/s1. The van der Waals surface area contributed by atoms with E-state index in [0.29, 0.717) is 0 Å². The molecule has 1 aromatic carbocycles. The highest BCUT2D eigenvalue weighted by molar-refractivity contribution is 14.1. The van der Waals surface area contributed by atoms with Gasteiger partial charge in [0.05, 0.1) is 10.7 Å². The van der Waals surface area contributed by atoms with E-state index in [1.165, 1.54) is 12.8 Å². The molecule has 1 heterocycles. The minimum absolute atomic E-state index is 0.229. The van der Waals surface area contributed by atoms with Gasteiger partial charge in [0, 0.05) is 13.1 Å². The number of benzene rings is 1. The Morgan fingerprint density at radius 3 is 2.95 bits per heavy atom. The molecule has 21 heavy (non-hydrogen) atoms. The van der Waals surface area contributed by atoms with Crippen molar-refractivity contribution in [1.29, 1.82) is 0 Å². The van der Waals surface area contributed by atoms with Crippen LogP contribution >= 0.6 is 22.6 Å². The summed E-state index contributed by atoms with van der Waals surface area (Å²) >= 11 is 2.33. The van der Waals surface area contributed by atoms with Crippen molar-refractivity contribution in [3.63, 3.8) is 0 Å². The molecule has 3 nitrogen and oxygen atoms in total. The zero-order chi connectivity index (χ0) is 14.8. The van der Waals surface area contributed by atoms with E-state index >= 15 is 0 Å². The summed E-state index contributed by atoms with van der Waals surface area (Å²) in [6, 6.07) is 6.06. The highest BCUT2D eigenvalue weighted by atomic mass is 127. The van der Waals surface area contributed by atoms with E-state index in [9.17, 15) is 0 Å². The average molecular weight is 399 g/mol. The first-order valence-electron chi connectivity index (χ1n) is 7.57. The van der Waals surface area contributed by atoms with Crippen molar-refractivity contribution in [3.05, 3.63) is 32.9 Å². The number of rotatable bonds is 3. The van der Waals surface area contributed by atoms with Crippen molar-refractivity contribution in [2.75, 3.05) is 27.2 Å². The Morgan fingerprint density at radius 1 is 1.29 bits per heavy atom. The molecule has 4 heteroatoms. The molecule has 1 aliphatic carbocycles. The van der Waals surface area contributed by atoms with Crippen LogP contribution in [0, 0.1) is 3.57 Å². The minimum atomic E-state index is 0.229. The predicted molar refractivity (Wildman–Crippen MR) is 93.1 cm³/mol. The number of hydrogen-bond donors (Lipinski definition) is 0. The van der Waals surface area contributed by atoms with Crippen molar-refractivity contribution in [2.24, 2.45) is 0 Å². The van der Waals surface area contributed by atoms with Gasteiger partial charge in [-0.2, -0.15) is 0 Å². The van der Waals surface area contributed by atoms with Gasteiger partial charge in [0.15, 0.2) is 11.5 Å². The Bertz CT molecular complexity index is 556. The Labute approximate surface area is 140 Å². The van der Waals surface area contributed by atoms with Crippen LogP contribution in [0.25, 0.3) is 0 Å². The van der Waals surface area contributed by atoms with Crippen LogP contribution in [-0.2, 0) is 0 Å². The Balaban J connectivity index is 1.86. The Kier molecular flexibility index (Phi) is 4.74. The maximum atomic E-state index is 6.40. The smallest absolute Gasteiger partial charge is 0.175 e. The van der Waals surface area contributed by atoms with Crippen molar-refractivity contribution < 1.29 is 9.47 Å². The molecule has 0 radical (unpaired) electrons. The molecule has 0 unspecified atom stereocenters. The van der Waals surface area contributed by atoms with E-state index in [-0.39, 0.29) is 6.10 Å². The lowest BCUT2D eigenvalue weighted by Crippen LogP contribution is -2.35. The van der Waals surface area contributed by atoms with Crippen LogP contribution in [0.4, 0.5) is 0 Å². The van der Waals surface area contributed by atoms with Gasteiger partial charge in [-0.1, -0.05) is 11.6 Å². The third-order valence-electron chi connectivity index (χ3n) is 4.42. The molecule has 1 aliphatic heterocycles. The van der Waals surface area contributed by atoms with Gasteiger partial charge in [0.2, 0.25) is 0 Å². The van der Waals surface area contributed by atoms with Gasteiger partial charge >= 0.3 is 0 Å². The van der Waals surface area contributed by atoms with Crippen LogP contribution < -0.4 is 9.47 Å². The summed E-state index contributed by atoms with van der Waals surface area (Å²) in [6.07, 6.45) is 4.96. The molecule has 0 saturated heterocycles. The first-order chi connectivity index (χ1) is 10.2. The summed E-state index contributed by atoms with van der Waals surface area (Å²) in [5.41, 5.74) is 3.14. The molecule has 0 amide bonds. The molecule has 0 aromatic heterocycles. The Hall–Kier alpha value is -0.750. The molecule has 2 aliphatic rings. The monoisotopic (exact) mass is 399 g/mol. The van der Waals surface area contributed by atoms with Crippen LogP contribution in [0.3, 0.4) is 0 Å². The van der Waals surface area contributed by atoms with Gasteiger partial charge in [-0.15, -0.1) is 0 Å². The molecule has 0 spiro atoms. The quantitative estimate of drug-likeness (QED) is 0.569. The number of hydrogen-bond acceptors (Lipinski definition) is 3. The van der Waals surface area contributed by atoms with Gasteiger partial charge in [-0.25, -0.2) is 0 Å². The molecule has 0 bridgehead atoms. The molecule has 0 saturated carbocycles. The number of halogens is 1. The van der Waals surface area contributed by atoms with E-state index in [1.807, 2.05) is 12.1 Å². The molecule has 3 rings (SSSR count). The fraction of sp³-hybridized carbons (Fsp3) is 0.529. The van der Waals surface area contributed by atoms with Gasteiger partial charge in [0.1, 0.15) is 6.10 Å². The van der Waals surface area contributed by atoms with Crippen molar-refractivity contribution >= 4 is 22.6 Å². The van der Waals surface area contributed by atoms with Gasteiger partial charge in [-0.05, 0) is 73.0 Å². The van der Waals surface area contributed by atoms with Gasteiger partial charge in [-0.3, -0.25) is 0 Å². The molecular formula is C17H22INO2. The number of nitrogens with zero attached hydrogens (tertiary/aromatic N) is 1. The maximum Gasteiger partial charge on any atom is 0.175 e. The first kappa shape index (κ1) is 15.2. The second kappa shape index (κ2) is 6.57. The van der Waals surface area contributed by atoms with Crippen molar-refractivity contribution in [3.8, 4) is 11.5 Å². The van der Waals surface area contributed by atoms with Crippen LogP contribution in [0.15, 0.2) is 29.3 Å². The number of ether oxygens (including phenoxy) is 2. The third-order valence-corrected chi connectivity index (χ3v) is 5.27. The fourth-order valence-corrected chi connectivity index (χ4v) is 3.93. The summed E-state index contributed by atoms with van der Waals surface area (Å²) in [5.74, 6) is 1.74. The zero-order valence-electron chi connectivity index (χ0n) is 12.7. The molecule has 0 fully saturated rings. The highest BCUT2D eigenvalue weighted by Gasteiger charge is 2.29. The average Bonchev–Trinajstić information content (AvgIpc) is 2.49. The molecule has 0 N–H and O–H groups in total. The maximum absolute atomic E-state index is 6.40. The predicted octanol–water partition coefficient (Wildman–Crippen LogP) is 3.86. The lowest BCUT2D eigenvalue weighted by Gasteiger charge is -2.36. The molecule has 1 aromatic rings. The van der Waals surface area contributed by atoms with Gasteiger partial charge in [0.25, 0.3) is 0 Å². The number of methoxy groups -OCH3 is 1. The topological polar surface area (TPSA) is 21.7 Å². The van der Waals surface area contributed by atoms with E-state index in [0.717, 1.165) is 41.0 Å². The highest BCUT2D eigenvalue weighted by Crippen LogP contribution is 2.38. The van der Waals surface area contributed by atoms with E-state index < -0.39 is 0 Å². The van der Waals surface area contributed by atoms with Crippen LogP contribution in [0.2, 0.25) is 0 Å². The SMILES string of the molecule is COc1cccc(I)c1O[C@H]1CCCC2=C1CCN(C)C2. The summed E-state index contributed by atoms with van der Waals surface area (Å²) in [5, 5.41) is 0. The first-order valence-corrected chi connectivity index (χ1v) is 8.65. The normalized spacial score (nSPS) is 22.9. The van der Waals surface area contributed by atoms with Crippen LogP contribution in [0.5, 0.6) is 11.5 Å². The van der Waals surface area contributed by atoms with E-state index in [2.05, 4.69) is 40.6 Å². The Morgan fingerprint density at radius 2 is 2.14 bits per heavy atom. The molecule has 114 valence electrons. The van der Waals surface area contributed by atoms with Crippen LogP contribution in [-0.4, -0.2) is 38.3 Å². The number of para-hydroxylation sites is 1. The summed E-state index contributed by atoms with van der Waals surface area (Å²) in [7, 11) is 3.91.